The Morgan fingerprint density at radius 3 is 2.22 bits per heavy atom. The van der Waals surface area contributed by atoms with E-state index in [4.69, 9.17) is 15.9 Å². The Balaban J connectivity index is 1.65. The molecule has 4 amide bonds. The molecule has 1 aliphatic rings. The zero-order chi connectivity index (χ0) is 30.1. The normalized spacial score (nSPS) is 16.1. The number of imide groups is 1. The molecule has 2 aromatic carbocycles. The molecule has 0 saturated carbocycles. The van der Waals surface area contributed by atoms with Crippen molar-refractivity contribution in [3.05, 3.63) is 65.7 Å². The number of rotatable bonds is 14. The van der Waals surface area contributed by atoms with Crippen molar-refractivity contribution < 1.29 is 43.8 Å². The Labute approximate surface area is 238 Å². The molecule has 1 unspecified atom stereocenters. The molecule has 1 saturated heterocycles. The van der Waals surface area contributed by atoms with E-state index >= 15 is 0 Å². The van der Waals surface area contributed by atoms with E-state index in [1.165, 1.54) is 24.3 Å². The maximum absolute atomic E-state index is 13.1. The third-order valence-electron chi connectivity index (χ3n) is 6.06. The monoisotopic (exact) mass is 584 g/mol. The summed E-state index contributed by atoms with van der Waals surface area (Å²) in [6.45, 7) is -0.711. The first-order valence-electron chi connectivity index (χ1n) is 12.4. The number of anilines is 1. The molecule has 0 bridgehead atoms. The highest BCUT2D eigenvalue weighted by atomic mass is 32.2. The molecule has 1 fully saturated rings. The van der Waals surface area contributed by atoms with Gasteiger partial charge in [0.2, 0.25) is 23.6 Å². The van der Waals surface area contributed by atoms with Crippen LogP contribution >= 0.6 is 11.8 Å². The Morgan fingerprint density at radius 1 is 0.976 bits per heavy atom. The smallest absolute Gasteiger partial charge is 0.322 e. The van der Waals surface area contributed by atoms with Crippen LogP contribution in [0.3, 0.4) is 0 Å². The summed E-state index contributed by atoms with van der Waals surface area (Å²) >= 11 is 0.934. The minimum Gasteiger partial charge on any atom is -0.480 e. The van der Waals surface area contributed by atoms with Crippen molar-refractivity contribution in [2.45, 2.75) is 36.6 Å². The summed E-state index contributed by atoms with van der Waals surface area (Å²) in [5.41, 5.74) is 6.53. The summed E-state index contributed by atoms with van der Waals surface area (Å²) in [7, 11) is 0. The molecule has 0 spiro atoms. The number of carbonyl (C=O) groups excluding carboxylic acids is 5. The van der Waals surface area contributed by atoms with Crippen LogP contribution in [0.4, 0.5) is 5.69 Å². The van der Waals surface area contributed by atoms with Gasteiger partial charge >= 0.3 is 11.9 Å². The summed E-state index contributed by atoms with van der Waals surface area (Å²) in [6, 6.07) is 12.1. The second-order valence-electron chi connectivity index (χ2n) is 9.05. The van der Waals surface area contributed by atoms with Gasteiger partial charge in [-0.25, -0.2) is 4.90 Å². The van der Waals surface area contributed by atoms with E-state index in [2.05, 4.69) is 10.6 Å². The second-order valence-corrected chi connectivity index (χ2v) is 10.3. The first-order chi connectivity index (χ1) is 19.5. The predicted octanol–water partition coefficient (Wildman–Crippen LogP) is 0.160. The van der Waals surface area contributed by atoms with Crippen LogP contribution in [0.2, 0.25) is 0 Å². The number of nitrogens with two attached hydrogens (primary N) is 1. The van der Waals surface area contributed by atoms with Gasteiger partial charge in [-0.3, -0.25) is 33.6 Å². The number of carboxylic acids is 2. The minimum absolute atomic E-state index is 0.176. The molecule has 0 aromatic heterocycles. The molecule has 216 valence electrons. The van der Waals surface area contributed by atoms with Crippen molar-refractivity contribution in [2.24, 2.45) is 5.73 Å². The fourth-order valence-corrected chi connectivity index (χ4v) is 5.05. The lowest BCUT2D eigenvalue weighted by Crippen LogP contribution is -2.50. The van der Waals surface area contributed by atoms with Gasteiger partial charge in [0.1, 0.15) is 18.6 Å². The Hall–Kier alpha value is -4.56. The van der Waals surface area contributed by atoms with Crippen molar-refractivity contribution in [3.8, 4) is 0 Å². The topological polar surface area (TPSA) is 213 Å². The highest BCUT2D eigenvalue weighted by Gasteiger charge is 2.40. The van der Waals surface area contributed by atoms with Crippen LogP contribution < -0.4 is 21.3 Å². The first kappa shape index (κ1) is 31.0. The molecular formula is C27H28N4O9S. The number of nitrogens with one attached hydrogen (secondary N) is 2. The molecule has 2 aromatic rings. The molecule has 13 nitrogen and oxygen atoms in total. The lowest BCUT2D eigenvalue weighted by Gasteiger charge is -2.20. The van der Waals surface area contributed by atoms with E-state index in [9.17, 15) is 33.6 Å². The number of carboxylic acid groups (broad SMARTS) is 2. The van der Waals surface area contributed by atoms with Gasteiger partial charge < -0.3 is 26.6 Å². The van der Waals surface area contributed by atoms with Gasteiger partial charge in [-0.15, -0.1) is 11.8 Å². The van der Waals surface area contributed by atoms with E-state index in [0.717, 1.165) is 16.7 Å². The number of carbonyl (C=O) groups is 7. The van der Waals surface area contributed by atoms with Gasteiger partial charge in [0.05, 0.1) is 10.9 Å². The summed E-state index contributed by atoms with van der Waals surface area (Å²) in [5.74, 6) is -5.57. The number of ketones is 1. The van der Waals surface area contributed by atoms with Crippen molar-refractivity contribution in [2.75, 3.05) is 17.2 Å². The van der Waals surface area contributed by atoms with Crippen LogP contribution in [0, 0.1) is 0 Å². The Morgan fingerprint density at radius 2 is 1.61 bits per heavy atom. The molecule has 0 radical (unpaired) electrons. The lowest BCUT2D eigenvalue weighted by molar-refractivity contribution is -0.139. The second kappa shape index (κ2) is 14.2. The average Bonchev–Trinajstić information content (AvgIpc) is 3.24. The largest absolute Gasteiger partial charge is 0.480 e. The summed E-state index contributed by atoms with van der Waals surface area (Å²) < 4.78 is 0. The van der Waals surface area contributed by atoms with Crippen molar-refractivity contribution in [3.63, 3.8) is 0 Å². The number of amides is 4. The van der Waals surface area contributed by atoms with Gasteiger partial charge in [0.25, 0.3) is 0 Å². The molecule has 14 heteroatoms. The van der Waals surface area contributed by atoms with Gasteiger partial charge in [-0.05, 0) is 30.7 Å². The van der Waals surface area contributed by atoms with E-state index in [0.29, 0.717) is 11.1 Å². The quantitative estimate of drug-likeness (QED) is 0.149. The Bertz CT molecular complexity index is 1330. The molecule has 3 atom stereocenters. The maximum atomic E-state index is 13.1. The molecule has 6 N–H and O–H groups in total. The fraction of sp³-hybridized carbons (Fsp3) is 0.296. The maximum Gasteiger partial charge on any atom is 0.322 e. The first-order valence-corrected chi connectivity index (χ1v) is 13.5. The van der Waals surface area contributed by atoms with Gasteiger partial charge in [-0.2, -0.15) is 0 Å². The van der Waals surface area contributed by atoms with E-state index < -0.39 is 59.4 Å². The molecule has 1 heterocycles. The van der Waals surface area contributed by atoms with E-state index in [1.807, 2.05) is 0 Å². The van der Waals surface area contributed by atoms with Crippen LogP contribution in [0.5, 0.6) is 0 Å². The summed E-state index contributed by atoms with van der Waals surface area (Å²) in [6.07, 6.45) is -0.685. The molecule has 41 heavy (non-hydrogen) atoms. The van der Waals surface area contributed by atoms with Crippen molar-refractivity contribution in [1.29, 1.82) is 0 Å². The third kappa shape index (κ3) is 8.46. The van der Waals surface area contributed by atoms with Crippen LogP contribution in [0.15, 0.2) is 54.6 Å². The molecule has 3 rings (SSSR count). The van der Waals surface area contributed by atoms with Crippen LogP contribution in [0.1, 0.15) is 35.2 Å². The summed E-state index contributed by atoms with van der Waals surface area (Å²) in [4.78, 5) is 86.1. The molecular weight excluding hydrogens is 556 g/mol. The fourth-order valence-electron chi connectivity index (χ4n) is 3.88. The standard InChI is InChI=1S/C27H28N4O9S/c28-18(27(39)40)10-11-21(32)30-19(25(37)29-13-23(34)35)14-41-20-12-22(33)31(26(20)38)17-8-6-16(7-9-17)24(36)15-4-2-1-3-5-15/h1-9,18-20H,10-14,28H2,(H,29,37)(H,30,32)(H,34,35)(H,39,40)/t18-,19-,20?/m0/s1. The van der Waals surface area contributed by atoms with E-state index in [1.54, 1.807) is 30.3 Å². The van der Waals surface area contributed by atoms with Gasteiger partial charge in [-0.1, -0.05) is 30.3 Å². The van der Waals surface area contributed by atoms with Crippen LogP contribution in [-0.2, 0) is 28.8 Å². The number of thioether (sulfide) groups is 1. The van der Waals surface area contributed by atoms with Gasteiger partial charge in [0.15, 0.2) is 5.78 Å². The SMILES string of the molecule is N[C@@H](CCC(=O)N[C@@H](CSC1CC(=O)N(c2ccc(C(=O)c3ccccc3)cc2)C1=O)C(=O)NCC(=O)O)C(=O)O. The Kier molecular flexibility index (Phi) is 10.7. The third-order valence-corrected chi connectivity index (χ3v) is 7.35. The van der Waals surface area contributed by atoms with Crippen molar-refractivity contribution in [1.82, 2.24) is 10.6 Å². The van der Waals surface area contributed by atoms with E-state index in [-0.39, 0.29) is 36.5 Å². The number of hydrogen-bond acceptors (Lipinski definition) is 9. The van der Waals surface area contributed by atoms with Crippen molar-refractivity contribution >= 4 is 58.8 Å². The van der Waals surface area contributed by atoms with Gasteiger partial charge in [0, 0.05) is 29.7 Å². The zero-order valence-electron chi connectivity index (χ0n) is 21.6. The molecule has 1 aliphatic heterocycles. The average molecular weight is 585 g/mol. The lowest BCUT2D eigenvalue weighted by atomic mass is 10.0. The number of aliphatic carboxylic acids is 2. The summed E-state index contributed by atoms with van der Waals surface area (Å²) in [5, 5.41) is 21.4. The highest BCUT2D eigenvalue weighted by Crippen LogP contribution is 2.30. The zero-order valence-corrected chi connectivity index (χ0v) is 22.5. The van der Waals surface area contributed by atoms with Crippen LogP contribution in [-0.4, -0.2) is 81.2 Å². The number of hydrogen-bond donors (Lipinski definition) is 5. The molecule has 0 aliphatic carbocycles. The number of benzene rings is 2. The highest BCUT2D eigenvalue weighted by molar-refractivity contribution is 8.00. The van der Waals surface area contributed by atoms with Crippen LogP contribution in [0.25, 0.3) is 0 Å². The predicted molar refractivity (Wildman–Crippen MR) is 147 cm³/mol. The minimum atomic E-state index is -1.31. The number of nitrogens with zero attached hydrogens (tertiary/aromatic N) is 1.